The van der Waals surface area contributed by atoms with Gasteiger partial charge in [0.05, 0.1) is 23.9 Å². The number of ether oxygens (including phenoxy) is 1. The number of hydrogen-bond donors (Lipinski definition) is 0. The number of rotatable bonds is 6. The summed E-state index contributed by atoms with van der Waals surface area (Å²) in [5.41, 5.74) is 3.42. The lowest BCUT2D eigenvalue weighted by atomic mass is 9.79. The Bertz CT molecular complexity index is 871. The Labute approximate surface area is 185 Å². The van der Waals surface area contributed by atoms with Crippen molar-refractivity contribution < 1.29 is 18.8 Å². The Balaban J connectivity index is 1.25. The van der Waals surface area contributed by atoms with E-state index in [-0.39, 0.29) is 24.4 Å². The van der Waals surface area contributed by atoms with E-state index in [1.165, 1.54) is 5.69 Å². The van der Waals surface area contributed by atoms with Gasteiger partial charge in [-0.3, -0.25) is 4.79 Å². The Morgan fingerprint density at radius 3 is 2.10 bits per heavy atom. The van der Waals surface area contributed by atoms with Crippen LogP contribution in [0.1, 0.15) is 56.5 Å². The molecule has 2 aromatic rings. The van der Waals surface area contributed by atoms with Crippen molar-refractivity contribution in [2.24, 2.45) is 0 Å². The Hall–Kier alpha value is -2.15. The van der Waals surface area contributed by atoms with Gasteiger partial charge in [-0.05, 0) is 75.8 Å². The molecule has 0 unspecified atom stereocenters. The van der Waals surface area contributed by atoms with Crippen molar-refractivity contribution in [1.82, 2.24) is 0 Å². The highest BCUT2D eigenvalue weighted by atomic mass is 16.7. The third-order valence-corrected chi connectivity index (χ3v) is 6.83. The summed E-state index contributed by atoms with van der Waals surface area (Å²) >= 11 is 0. The summed E-state index contributed by atoms with van der Waals surface area (Å²) in [7, 11) is -0.329. The van der Waals surface area contributed by atoms with Gasteiger partial charge >= 0.3 is 7.12 Å². The molecular formula is C25H32BNO4. The molecule has 0 amide bonds. The lowest BCUT2D eigenvalue weighted by molar-refractivity contribution is 0.00578. The van der Waals surface area contributed by atoms with E-state index in [4.69, 9.17) is 14.0 Å². The van der Waals surface area contributed by atoms with Gasteiger partial charge < -0.3 is 18.9 Å². The number of anilines is 1. The van der Waals surface area contributed by atoms with Crippen molar-refractivity contribution in [2.45, 2.75) is 64.4 Å². The predicted molar refractivity (Wildman–Crippen MR) is 124 cm³/mol. The van der Waals surface area contributed by atoms with E-state index < -0.39 is 0 Å². The molecule has 2 fully saturated rings. The Morgan fingerprint density at radius 1 is 0.968 bits per heavy atom. The summed E-state index contributed by atoms with van der Waals surface area (Å²) in [6.07, 6.45) is 3.16. The lowest BCUT2D eigenvalue weighted by Gasteiger charge is -2.33. The summed E-state index contributed by atoms with van der Waals surface area (Å²) in [5, 5.41) is 0. The molecule has 5 nitrogen and oxygen atoms in total. The first-order valence-electron chi connectivity index (χ1n) is 11.1. The summed E-state index contributed by atoms with van der Waals surface area (Å²) in [4.78, 5) is 13.2. The molecule has 164 valence electrons. The maximum Gasteiger partial charge on any atom is 0.494 e. The lowest BCUT2D eigenvalue weighted by Crippen LogP contribution is -2.41. The maximum absolute atomic E-state index is 10.8. The van der Waals surface area contributed by atoms with E-state index >= 15 is 0 Å². The summed E-state index contributed by atoms with van der Waals surface area (Å²) in [6, 6.07) is 16.1. The molecule has 2 heterocycles. The molecule has 2 aliphatic heterocycles. The number of aldehydes is 1. The molecule has 0 spiro atoms. The van der Waals surface area contributed by atoms with Crippen LogP contribution in [-0.4, -0.2) is 43.8 Å². The normalized spacial score (nSPS) is 20.8. The highest BCUT2D eigenvalue weighted by Gasteiger charge is 2.51. The minimum atomic E-state index is -0.329. The standard InChI is InChI=1S/C25H32BNO4/c1-24(2)25(3,4)31-26(30-24)21-9-5-20(6-10-21)18-29-23-13-15-27(16-14-23)22-11-7-19(17-28)8-12-22/h5-12,17,23H,13-16,18H2,1-4H3. The van der Waals surface area contributed by atoms with Crippen LogP contribution in [0, 0.1) is 0 Å². The van der Waals surface area contributed by atoms with E-state index in [2.05, 4.69) is 56.9 Å². The van der Waals surface area contributed by atoms with Gasteiger partial charge in [-0.2, -0.15) is 0 Å². The second kappa shape index (κ2) is 8.77. The molecule has 0 atom stereocenters. The number of piperidine rings is 1. The van der Waals surface area contributed by atoms with Crippen molar-refractivity contribution >= 4 is 24.6 Å². The average Bonchev–Trinajstić information content (AvgIpc) is 3.00. The molecule has 2 saturated heterocycles. The number of nitrogens with zero attached hydrogens (tertiary/aromatic N) is 1. The van der Waals surface area contributed by atoms with Gasteiger partial charge in [0.25, 0.3) is 0 Å². The fraction of sp³-hybridized carbons (Fsp3) is 0.480. The maximum atomic E-state index is 10.8. The molecule has 4 rings (SSSR count). The highest BCUT2D eigenvalue weighted by Crippen LogP contribution is 2.36. The fourth-order valence-electron chi connectivity index (χ4n) is 4.01. The zero-order valence-electron chi connectivity index (χ0n) is 19.0. The van der Waals surface area contributed by atoms with E-state index in [9.17, 15) is 4.79 Å². The third kappa shape index (κ3) is 4.87. The van der Waals surface area contributed by atoms with Crippen LogP contribution < -0.4 is 10.4 Å². The third-order valence-electron chi connectivity index (χ3n) is 6.83. The van der Waals surface area contributed by atoms with Crippen LogP contribution in [0.3, 0.4) is 0 Å². The molecule has 0 aromatic heterocycles. The van der Waals surface area contributed by atoms with Crippen molar-refractivity contribution in [1.29, 1.82) is 0 Å². The first kappa shape index (κ1) is 22.1. The first-order valence-corrected chi connectivity index (χ1v) is 11.1. The van der Waals surface area contributed by atoms with Crippen molar-refractivity contribution in [2.75, 3.05) is 18.0 Å². The van der Waals surface area contributed by atoms with Crippen LogP contribution >= 0.6 is 0 Å². The number of carbonyl (C=O) groups is 1. The molecule has 6 heteroatoms. The van der Waals surface area contributed by atoms with Crippen molar-refractivity contribution in [3.63, 3.8) is 0 Å². The second-order valence-electron chi connectivity index (χ2n) is 9.54. The fourth-order valence-corrected chi connectivity index (χ4v) is 4.01. The minimum Gasteiger partial charge on any atom is -0.399 e. The molecule has 0 aliphatic carbocycles. The highest BCUT2D eigenvalue weighted by molar-refractivity contribution is 6.62. The van der Waals surface area contributed by atoms with Gasteiger partial charge in [0.15, 0.2) is 0 Å². The summed E-state index contributed by atoms with van der Waals surface area (Å²) in [5.74, 6) is 0. The zero-order valence-corrected chi connectivity index (χ0v) is 19.0. The van der Waals surface area contributed by atoms with Gasteiger partial charge in [-0.15, -0.1) is 0 Å². The van der Waals surface area contributed by atoms with E-state index in [1.807, 2.05) is 24.3 Å². The van der Waals surface area contributed by atoms with Gasteiger partial charge in [0.2, 0.25) is 0 Å². The molecule has 2 aliphatic rings. The summed E-state index contributed by atoms with van der Waals surface area (Å²) < 4.78 is 18.4. The van der Waals surface area contributed by atoms with Gasteiger partial charge in [-0.1, -0.05) is 24.3 Å². The molecule has 2 aromatic carbocycles. The Morgan fingerprint density at radius 2 is 1.55 bits per heavy atom. The van der Waals surface area contributed by atoms with E-state index in [1.54, 1.807) is 0 Å². The zero-order chi connectivity index (χ0) is 22.1. The van der Waals surface area contributed by atoms with Crippen LogP contribution in [-0.2, 0) is 20.7 Å². The minimum absolute atomic E-state index is 0.272. The monoisotopic (exact) mass is 421 g/mol. The summed E-state index contributed by atoms with van der Waals surface area (Å²) in [6.45, 7) is 10.8. The molecular weight excluding hydrogens is 389 g/mol. The largest absolute Gasteiger partial charge is 0.494 e. The second-order valence-corrected chi connectivity index (χ2v) is 9.54. The average molecular weight is 421 g/mol. The topological polar surface area (TPSA) is 48.0 Å². The quantitative estimate of drug-likeness (QED) is 0.522. The predicted octanol–water partition coefficient (Wildman–Crippen LogP) is 3.98. The molecule has 0 saturated carbocycles. The molecule has 0 radical (unpaired) electrons. The van der Waals surface area contributed by atoms with Crippen LogP contribution in [0.25, 0.3) is 0 Å². The van der Waals surface area contributed by atoms with Crippen LogP contribution in [0.2, 0.25) is 0 Å². The van der Waals surface area contributed by atoms with Gasteiger partial charge in [-0.25, -0.2) is 0 Å². The van der Waals surface area contributed by atoms with E-state index in [0.29, 0.717) is 12.2 Å². The number of benzene rings is 2. The van der Waals surface area contributed by atoms with E-state index in [0.717, 1.165) is 43.2 Å². The van der Waals surface area contributed by atoms with Gasteiger partial charge in [0.1, 0.15) is 6.29 Å². The molecule has 0 bridgehead atoms. The van der Waals surface area contributed by atoms with Crippen LogP contribution in [0.5, 0.6) is 0 Å². The van der Waals surface area contributed by atoms with Crippen LogP contribution in [0.15, 0.2) is 48.5 Å². The smallest absolute Gasteiger partial charge is 0.399 e. The first-order chi connectivity index (χ1) is 14.8. The number of hydrogen-bond acceptors (Lipinski definition) is 5. The van der Waals surface area contributed by atoms with Crippen LogP contribution in [0.4, 0.5) is 5.69 Å². The SMILES string of the molecule is CC1(C)OB(c2ccc(COC3CCN(c4ccc(C=O)cc4)CC3)cc2)OC1(C)C. The van der Waals surface area contributed by atoms with Gasteiger partial charge in [0, 0.05) is 24.3 Å². The van der Waals surface area contributed by atoms with Crippen molar-refractivity contribution in [3.05, 3.63) is 59.7 Å². The number of carbonyl (C=O) groups excluding carboxylic acids is 1. The molecule has 31 heavy (non-hydrogen) atoms. The Kier molecular flexibility index (Phi) is 6.24. The van der Waals surface area contributed by atoms with Crippen molar-refractivity contribution in [3.8, 4) is 0 Å². The molecule has 0 N–H and O–H groups in total.